The molecule has 0 amide bonds. The Labute approximate surface area is 267 Å². The first-order valence-electron chi connectivity index (χ1n) is 15.6. The molecule has 8 heteroatoms. The summed E-state index contributed by atoms with van der Waals surface area (Å²) in [4.78, 5) is 7.04. The molecule has 0 aliphatic rings. The Bertz CT molecular complexity index is 1730. The number of sulfonamides is 1. The average Bonchev–Trinajstić information content (AvgIpc) is 3.32. The highest BCUT2D eigenvalue weighted by molar-refractivity contribution is 7.89. The lowest BCUT2D eigenvalue weighted by Gasteiger charge is -2.37. The molecule has 2 atom stereocenters. The fourth-order valence-electron chi connectivity index (χ4n) is 5.91. The first-order valence-corrected chi connectivity index (χ1v) is 17.0. The summed E-state index contributed by atoms with van der Waals surface area (Å²) in [6.07, 6.45) is -0.400. The lowest BCUT2D eigenvalue weighted by molar-refractivity contribution is 0.0273. The van der Waals surface area contributed by atoms with Crippen LogP contribution in [0.25, 0.3) is 11.0 Å². The van der Waals surface area contributed by atoms with Gasteiger partial charge < -0.3 is 9.67 Å². The molecule has 2 unspecified atom stereocenters. The summed E-state index contributed by atoms with van der Waals surface area (Å²) in [5.41, 5.74) is 4.86. The van der Waals surface area contributed by atoms with Crippen molar-refractivity contribution < 1.29 is 13.5 Å². The molecule has 5 rings (SSSR count). The van der Waals surface area contributed by atoms with E-state index in [0.29, 0.717) is 25.0 Å². The second-order valence-electron chi connectivity index (χ2n) is 12.3. The molecule has 0 fully saturated rings. The van der Waals surface area contributed by atoms with E-state index in [1.54, 1.807) is 12.1 Å². The molecule has 0 aliphatic carbocycles. The molecule has 0 saturated carbocycles. The van der Waals surface area contributed by atoms with Gasteiger partial charge in [0, 0.05) is 39.3 Å². The third-order valence-electron chi connectivity index (χ3n) is 8.33. The summed E-state index contributed by atoms with van der Waals surface area (Å²) in [7, 11) is -2.01. The zero-order valence-electron chi connectivity index (χ0n) is 26.6. The molecule has 0 radical (unpaired) electrons. The maximum atomic E-state index is 14.2. The van der Waals surface area contributed by atoms with Crippen molar-refractivity contribution in [1.29, 1.82) is 0 Å². The number of benzene rings is 4. The van der Waals surface area contributed by atoms with Crippen LogP contribution in [0.3, 0.4) is 0 Å². The quantitative estimate of drug-likeness (QED) is 0.159. The zero-order chi connectivity index (χ0) is 32.0. The Morgan fingerprint density at radius 2 is 1.31 bits per heavy atom. The number of aryl methyl sites for hydroxylation is 2. The Balaban J connectivity index is 1.51. The number of fused-ring (bicyclic) bond motifs is 1. The van der Waals surface area contributed by atoms with Gasteiger partial charge in [0.05, 0.1) is 22.0 Å². The van der Waals surface area contributed by atoms with Crippen LogP contribution in [0.4, 0.5) is 0 Å². The third kappa shape index (κ3) is 8.07. The molecule has 5 aromatic rings. The van der Waals surface area contributed by atoms with Crippen LogP contribution < -0.4 is 0 Å². The van der Waals surface area contributed by atoms with E-state index in [9.17, 15) is 13.5 Å². The minimum atomic E-state index is -3.93. The van der Waals surface area contributed by atoms with E-state index in [1.807, 2.05) is 93.0 Å². The molecule has 7 nitrogen and oxygen atoms in total. The maximum absolute atomic E-state index is 14.2. The summed E-state index contributed by atoms with van der Waals surface area (Å²) in [6.45, 7) is 7.37. The van der Waals surface area contributed by atoms with E-state index in [2.05, 4.69) is 46.3 Å². The van der Waals surface area contributed by atoms with Crippen molar-refractivity contribution in [2.24, 2.45) is 13.0 Å². The van der Waals surface area contributed by atoms with Crippen molar-refractivity contribution in [1.82, 2.24) is 18.8 Å². The van der Waals surface area contributed by atoms with E-state index >= 15 is 0 Å². The van der Waals surface area contributed by atoms with E-state index < -0.39 is 16.1 Å². The SMILES string of the molecule is Cc1nc2cc(S(=O)(=O)N(CC(C)C)CC(O)C(Cc3ccccc3)N(Cc3ccccc3)Cc3ccccc3)ccc2n1C. The molecule has 0 saturated heterocycles. The molecule has 1 heterocycles. The van der Waals surface area contributed by atoms with Crippen LogP contribution >= 0.6 is 0 Å². The van der Waals surface area contributed by atoms with Crippen molar-refractivity contribution in [2.75, 3.05) is 13.1 Å². The van der Waals surface area contributed by atoms with Crippen molar-refractivity contribution in [3.05, 3.63) is 132 Å². The fraction of sp³-hybridized carbons (Fsp3) is 0.324. The molecule has 1 aromatic heterocycles. The monoisotopic (exact) mass is 624 g/mol. The Morgan fingerprint density at radius 1 is 0.778 bits per heavy atom. The predicted octanol–water partition coefficient (Wildman–Crippen LogP) is 6.20. The van der Waals surface area contributed by atoms with E-state index in [-0.39, 0.29) is 29.9 Å². The smallest absolute Gasteiger partial charge is 0.243 e. The molecular weight excluding hydrogens is 580 g/mol. The third-order valence-corrected chi connectivity index (χ3v) is 10.2. The Hall–Kier alpha value is -3.82. The Morgan fingerprint density at radius 3 is 1.84 bits per heavy atom. The number of nitrogens with zero attached hydrogens (tertiary/aromatic N) is 4. The summed E-state index contributed by atoms with van der Waals surface area (Å²) >= 11 is 0. The van der Waals surface area contributed by atoms with Crippen molar-refractivity contribution >= 4 is 21.1 Å². The lowest BCUT2D eigenvalue weighted by atomic mass is 9.97. The molecule has 1 N–H and O–H groups in total. The molecule has 0 aliphatic heterocycles. The van der Waals surface area contributed by atoms with Gasteiger partial charge in [-0.05, 0) is 54.2 Å². The van der Waals surface area contributed by atoms with Crippen molar-refractivity contribution in [3.8, 4) is 0 Å². The number of aliphatic hydroxyl groups excluding tert-OH is 1. The molecule has 45 heavy (non-hydrogen) atoms. The van der Waals surface area contributed by atoms with Crippen LogP contribution in [0.5, 0.6) is 0 Å². The van der Waals surface area contributed by atoms with Gasteiger partial charge in [0.25, 0.3) is 0 Å². The van der Waals surface area contributed by atoms with Crippen LogP contribution in [0.1, 0.15) is 36.4 Å². The normalized spacial score (nSPS) is 13.6. The second kappa shape index (κ2) is 14.5. The number of aromatic nitrogens is 2. The van der Waals surface area contributed by atoms with Crippen LogP contribution in [-0.4, -0.2) is 57.5 Å². The van der Waals surface area contributed by atoms with E-state index in [1.165, 1.54) is 4.31 Å². The van der Waals surface area contributed by atoms with Gasteiger partial charge in [-0.2, -0.15) is 4.31 Å². The van der Waals surface area contributed by atoms with Gasteiger partial charge in [0.1, 0.15) is 5.82 Å². The number of aliphatic hydroxyl groups is 1. The minimum Gasteiger partial charge on any atom is -0.390 e. The van der Waals surface area contributed by atoms with Gasteiger partial charge in [0.15, 0.2) is 0 Å². The topological polar surface area (TPSA) is 78.7 Å². The summed E-state index contributed by atoms with van der Waals surface area (Å²) in [5.74, 6) is 0.875. The predicted molar refractivity (Wildman–Crippen MR) is 181 cm³/mol. The van der Waals surface area contributed by atoms with E-state index in [4.69, 9.17) is 0 Å². The van der Waals surface area contributed by atoms with Gasteiger partial charge in [-0.1, -0.05) is 105 Å². The van der Waals surface area contributed by atoms with Gasteiger partial charge in [-0.25, -0.2) is 13.4 Å². The van der Waals surface area contributed by atoms with Crippen LogP contribution in [0, 0.1) is 12.8 Å². The lowest BCUT2D eigenvalue weighted by Crippen LogP contribution is -2.50. The Kier molecular flexibility index (Phi) is 10.5. The molecule has 0 bridgehead atoms. The molecule has 4 aromatic carbocycles. The standard InChI is InChI=1S/C37H44N4O3S/c1-28(2)24-41(45(43,44)33-20-21-35-34(23-33)38-29(3)39(35)4)27-37(42)36(22-30-14-8-5-9-15-30)40(25-31-16-10-6-11-17-31)26-32-18-12-7-13-19-32/h5-21,23,28,36-37,42H,22,24-27H2,1-4H3. The number of hydrogen-bond donors (Lipinski definition) is 1. The van der Waals surface area contributed by atoms with Gasteiger partial charge in [-0.15, -0.1) is 0 Å². The van der Waals surface area contributed by atoms with Crippen LogP contribution in [0.2, 0.25) is 0 Å². The second-order valence-corrected chi connectivity index (χ2v) is 14.2. The fourth-order valence-corrected chi connectivity index (χ4v) is 7.55. The van der Waals surface area contributed by atoms with Crippen LogP contribution in [-0.2, 0) is 36.6 Å². The highest BCUT2D eigenvalue weighted by Crippen LogP contribution is 2.26. The van der Waals surface area contributed by atoms with E-state index in [0.717, 1.165) is 28.0 Å². The molecule has 236 valence electrons. The van der Waals surface area contributed by atoms with Crippen molar-refractivity contribution in [2.45, 2.75) is 57.3 Å². The first kappa shape index (κ1) is 32.6. The molecule has 0 spiro atoms. The molecular formula is C37H44N4O3S. The number of hydrogen-bond acceptors (Lipinski definition) is 5. The minimum absolute atomic E-state index is 0.0304. The summed E-state index contributed by atoms with van der Waals surface area (Å²) < 4.78 is 31.9. The van der Waals surface area contributed by atoms with Crippen molar-refractivity contribution in [3.63, 3.8) is 0 Å². The van der Waals surface area contributed by atoms with Gasteiger partial charge in [0.2, 0.25) is 10.0 Å². The highest BCUT2D eigenvalue weighted by atomic mass is 32.2. The number of rotatable bonds is 14. The van der Waals surface area contributed by atoms with Crippen LogP contribution in [0.15, 0.2) is 114 Å². The zero-order valence-corrected chi connectivity index (χ0v) is 27.4. The first-order chi connectivity index (χ1) is 21.6. The van der Waals surface area contributed by atoms with Gasteiger partial charge >= 0.3 is 0 Å². The summed E-state index contributed by atoms with van der Waals surface area (Å²) in [6, 6.07) is 35.3. The van der Waals surface area contributed by atoms with Gasteiger partial charge in [-0.3, -0.25) is 4.90 Å². The maximum Gasteiger partial charge on any atom is 0.243 e. The summed E-state index contributed by atoms with van der Waals surface area (Å²) in [5, 5.41) is 12.1. The average molecular weight is 625 g/mol. The highest BCUT2D eigenvalue weighted by Gasteiger charge is 2.33. The largest absolute Gasteiger partial charge is 0.390 e. The number of imidazole rings is 1.